The molecule has 35 heavy (non-hydrogen) atoms. The molecule has 2 aliphatic heterocycles. The fourth-order valence-corrected chi connectivity index (χ4v) is 4.74. The van der Waals surface area contributed by atoms with E-state index in [9.17, 15) is 14.7 Å². The van der Waals surface area contributed by atoms with E-state index < -0.39 is 18.2 Å². The summed E-state index contributed by atoms with van der Waals surface area (Å²) in [4.78, 5) is 35.8. The molecule has 0 spiro atoms. The molecule has 0 aliphatic carbocycles. The normalized spacial score (nSPS) is 23.5. The highest BCUT2D eigenvalue weighted by molar-refractivity contribution is 5.91. The number of pyridine rings is 1. The van der Waals surface area contributed by atoms with Crippen molar-refractivity contribution < 1.29 is 19.4 Å². The average Bonchev–Trinajstić information content (AvgIpc) is 3.30. The maximum atomic E-state index is 13.9. The number of morpholine rings is 1. The molecule has 3 N–H and O–H groups in total. The van der Waals surface area contributed by atoms with Gasteiger partial charge in [-0.25, -0.2) is 0 Å². The van der Waals surface area contributed by atoms with Crippen molar-refractivity contribution >= 4 is 11.8 Å². The van der Waals surface area contributed by atoms with E-state index in [0.717, 1.165) is 13.1 Å². The number of nitrogens with one attached hydrogen (secondary N) is 2. The second-order valence-electron chi connectivity index (χ2n) is 9.86. The van der Waals surface area contributed by atoms with Gasteiger partial charge in [-0.2, -0.15) is 0 Å². The average molecular weight is 488 g/mol. The third-order valence-electron chi connectivity index (χ3n) is 7.17. The Morgan fingerprint density at radius 1 is 1.37 bits per heavy atom. The quantitative estimate of drug-likeness (QED) is 0.399. The topological polar surface area (TPSA) is 107 Å². The van der Waals surface area contributed by atoms with Crippen LogP contribution in [-0.4, -0.2) is 95.8 Å². The third kappa shape index (κ3) is 7.10. The van der Waals surface area contributed by atoms with Crippen LogP contribution in [0.3, 0.4) is 0 Å². The highest BCUT2D eigenvalue weighted by Gasteiger charge is 2.42. The Morgan fingerprint density at radius 3 is 2.69 bits per heavy atom. The smallest absolute Gasteiger partial charge is 0.247 e. The summed E-state index contributed by atoms with van der Waals surface area (Å²) in [6.45, 7) is 14.9. The van der Waals surface area contributed by atoms with Crippen molar-refractivity contribution in [2.75, 3.05) is 45.9 Å². The number of aliphatic hydroxyl groups is 1. The fraction of sp³-hybridized carbons (Fsp3) is 0.654. The molecule has 5 atom stereocenters. The summed E-state index contributed by atoms with van der Waals surface area (Å²) in [5.74, 6) is -0.144. The molecule has 2 amide bonds. The summed E-state index contributed by atoms with van der Waals surface area (Å²) in [6.07, 6.45) is 4.78. The standard InChI is InChI=1S/C26H41N5O4/c1-5-23(19(4)18(2)3)31(26(34)22-15-21(32)17-29-22)24(20-7-6-8-27-16-20)25(33)28-9-10-30-11-13-35-14-12-30/h5-8,16,18-19,21-24,29,32H,1,9-15,17H2,2-4H3,(H,28,33)/t19-,21-,22-,23?,24?/m1/s1. The maximum absolute atomic E-state index is 13.9. The van der Waals surface area contributed by atoms with Crippen LogP contribution in [0.25, 0.3) is 0 Å². The number of aromatic nitrogens is 1. The number of aliphatic hydroxyl groups excluding tert-OH is 1. The Morgan fingerprint density at radius 2 is 2.11 bits per heavy atom. The van der Waals surface area contributed by atoms with Gasteiger partial charge in [-0.15, -0.1) is 6.58 Å². The molecule has 1 aromatic rings. The number of hydrogen-bond donors (Lipinski definition) is 3. The molecule has 2 saturated heterocycles. The molecule has 194 valence electrons. The van der Waals surface area contributed by atoms with Crippen LogP contribution in [0.1, 0.15) is 38.8 Å². The van der Waals surface area contributed by atoms with Crippen molar-refractivity contribution in [3.63, 3.8) is 0 Å². The van der Waals surface area contributed by atoms with Gasteiger partial charge in [0.05, 0.1) is 31.4 Å². The summed E-state index contributed by atoms with van der Waals surface area (Å²) in [5, 5.41) is 16.3. The predicted octanol–water partition coefficient (Wildman–Crippen LogP) is 0.969. The van der Waals surface area contributed by atoms with Crippen molar-refractivity contribution in [1.29, 1.82) is 0 Å². The SMILES string of the molecule is C=CC([C@H](C)C(C)C)N(C(=O)[C@H]1C[C@@H](O)CN1)C(C(=O)NCCN1CCOCC1)c1cccnc1. The number of amides is 2. The lowest BCUT2D eigenvalue weighted by Gasteiger charge is -2.41. The monoisotopic (exact) mass is 487 g/mol. The molecule has 3 heterocycles. The molecule has 0 saturated carbocycles. The fourth-order valence-electron chi connectivity index (χ4n) is 4.74. The zero-order chi connectivity index (χ0) is 25.4. The Labute approximate surface area is 208 Å². The lowest BCUT2D eigenvalue weighted by molar-refractivity contribution is -0.145. The molecular formula is C26H41N5O4. The first-order valence-electron chi connectivity index (χ1n) is 12.7. The zero-order valence-corrected chi connectivity index (χ0v) is 21.2. The van der Waals surface area contributed by atoms with Crippen LogP contribution in [0.2, 0.25) is 0 Å². The summed E-state index contributed by atoms with van der Waals surface area (Å²) in [7, 11) is 0. The number of nitrogens with zero attached hydrogens (tertiary/aromatic N) is 3. The van der Waals surface area contributed by atoms with E-state index in [4.69, 9.17) is 4.74 Å². The lowest BCUT2D eigenvalue weighted by Crippen LogP contribution is -2.55. The minimum Gasteiger partial charge on any atom is -0.392 e. The van der Waals surface area contributed by atoms with Crippen LogP contribution in [0.4, 0.5) is 0 Å². The molecule has 0 aromatic carbocycles. The zero-order valence-electron chi connectivity index (χ0n) is 21.2. The molecule has 3 rings (SSSR count). The molecule has 2 fully saturated rings. The minimum atomic E-state index is -0.871. The molecule has 2 unspecified atom stereocenters. The molecule has 9 heteroatoms. The van der Waals surface area contributed by atoms with Crippen LogP contribution in [0.5, 0.6) is 0 Å². The second kappa shape index (κ2) is 13.1. The van der Waals surface area contributed by atoms with Crippen LogP contribution in [0.15, 0.2) is 37.2 Å². The first-order chi connectivity index (χ1) is 16.8. The van der Waals surface area contributed by atoms with E-state index >= 15 is 0 Å². The van der Waals surface area contributed by atoms with E-state index in [1.165, 1.54) is 0 Å². The van der Waals surface area contributed by atoms with Gasteiger partial charge in [-0.05, 0) is 24.3 Å². The Kier molecular flexibility index (Phi) is 10.2. The van der Waals surface area contributed by atoms with Crippen molar-refractivity contribution in [3.05, 3.63) is 42.7 Å². The van der Waals surface area contributed by atoms with E-state index in [1.54, 1.807) is 29.4 Å². The summed E-state index contributed by atoms with van der Waals surface area (Å²) in [6, 6.07) is 1.80. The summed E-state index contributed by atoms with van der Waals surface area (Å²) in [5.41, 5.74) is 0.645. The molecular weight excluding hydrogens is 446 g/mol. The van der Waals surface area contributed by atoms with Gasteiger partial charge >= 0.3 is 0 Å². The predicted molar refractivity (Wildman–Crippen MR) is 134 cm³/mol. The van der Waals surface area contributed by atoms with E-state index in [0.29, 0.717) is 44.8 Å². The molecule has 2 aliphatic rings. The molecule has 0 radical (unpaired) electrons. The first-order valence-corrected chi connectivity index (χ1v) is 12.7. The number of ether oxygens (including phenoxy) is 1. The molecule has 9 nitrogen and oxygen atoms in total. The largest absolute Gasteiger partial charge is 0.392 e. The second-order valence-corrected chi connectivity index (χ2v) is 9.86. The number of carbonyl (C=O) groups is 2. The van der Waals surface area contributed by atoms with E-state index in [2.05, 4.69) is 47.9 Å². The van der Waals surface area contributed by atoms with Crippen LogP contribution >= 0.6 is 0 Å². The van der Waals surface area contributed by atoms with Crippen LogP contribution < -0.4 is 10.6 Å². The number of carbonyl (C=O) groups excluding carboxylic acids is 2. The molecule has 0 bridgehead atoms. The first kappa shape index (κ1) is 27.3. The lowest BCUT2D eigenvalue weighted by atomic mass is 9.87. The number of rotatable bonds is 11. The molecule has 1 aromatic heterocycles. The van der Waals surface area contributed by atoms with Gasteiger partial charge in [0.2, 0.25) is 11.8 Å². The minimum absolute atomic E-state index is 0.0584. The third-order valence-corrected chi connectivity index (χ3v) is 7.17. The van der Waals surface area contributed by atoms with Gasteiger partial charge in [-0.3, -0.25) is 19.5 Å². The van der Waals surface area contributed by atoms with Gasteiger partial charge in [0.1, 0.15) is 6.04 Å². The summed E-state index contributed by atoms with van der Waals surface area (Å²) < 4.78 is 5.40. The van der Waals surface area contributed by atoms with Gasteiger partial charge in [0.15, 0.2) is 0 Å². The van der Waals surface area contributed by atoms with Crippen molar-refractivity contribution in [1.82, 2.24) is 25.4 Å². The highest BCUT2D eigenvalue weighted by atomic mass is 16.5. The highest BCUT2D eigenvalue weighted by Crippen LogP contribution is 2.31. The van der Waals surface area contributed by atoms with Gasteiger partial charge in [0, 0.05) is 50.7 Å². The van der Waals surface area contributed by atoms with Gasteiger partial charge in [-0.1, -0.05) is 32.9 Å². The number of β-amino-alcohol motifs (C(OH)–C–C–N with tert-alkyl or cyclic N) is 1. The van der Waals surface area contributed by atoms with Crippen LogP contribution in [-0.2, 0) is 14.3 Å². The summed E-state index contributed by atoms with van der Waals surface area (Å²) >= 11 is 0. The van der Waals surface area contributed by atoms with Crippen LogP contribution in [0, 0.1) is 11.8 Å². The van der Waals surface area contributed by atoms with Gasteiger partial charge < -0.3 is 25.4 Å². The van der Waals surface area contributed by atoms with Gasteiger partial charge in [0.25, 0.3) is 0 Å². The van der Waals surface area contributed by atoms with E-state index in [1.807, 2.05) is 6.07 Å². The number of hydrogen-bond acceptors (Lipinski definition) is 7. The Bertz CT molecular complexity index is 830. The van der Waals surface area contributed by atoms with Crippen molar-refractivity contribution in [3.8, 4) is 0 Å². The maximum Gasteiger partial charge on any atom is 0.247 e. The Balaban J connectivity index is 1.91. The van der Waals surface area contributed by atoms with E-state index in [-0.39, 0.29) is 29.7 Å². The van der Waals surface area contributed by atoms with Crippen molar-refractivity contribution in [2.24, 2.45) is 11.8 Å². The van der Waals surface area contributed by atoms with Crippen molar-refractivity contribution in [2.45, 2.75) is 51.4 Å². The Hall–Kier alpha value is -2.33.